The van der Waals surface area contributed by atoms with E-state index in [1.165, 1.54) is 6.92 Å². The number of hydrogen-bond acceptors (Lipinski definition) is 4. The maximum atomic E-state index is 11.7. The van der Waals surface area contributed by atoms with E-state index in [9.17, 15) is 9.59 Å². The first-order chi connectivity index (χ1) is 11.6. The van der Waals surface area contributed by atoms with E-state index in [0.717, 1.165) is 16.7 Å². The average Bonchev–Trinajstić information content (AvgIpc) is 2.55. The normalized spacial score (nSPS) is 10.2. The summed E-state index contributed by atoms with van der Waals surface area (Å²) in [6.45, 7) is 3.52. The molecule has 0 amide bonds. The predicted octanol–water partition coefficient (Wildman–Crippen LogP) is 3.70. The molecule has 0 spiro atoms. The molecule has 2 aromatic rings. The molecule has 0 aliphatic rings. The summed E-state index contributed by atoms with van der Waals surface area (Å²) in [5, 5.41) is 0. The van der Waals surface area contributed by atoms with Crippen LogP contribution >= 0.6 is 0 Å². The molecule has 0 radical (unpaired) electrons. The van der Waals surface area contributed by atoms with E-state index in [2.05, 4.69) is 0 Å². The molecule has 0 unspecified atom stereocenters. The van der Waals surface area contributed by atoms with E-state index < -0.39 is 0 Å². The highest BCUT2D eigenvalue weighted by molar-refractivity contribution is 5.71. The van der Waals surface area contributed by atoms with Crippen LogP contribution < -0.4 is 4.74 Å². The van der Waals surface area contributed by atoms with Crippen LogP contribution in [0.1, 0.15) is 37.0 Å². The quantitative estimate of drug-likeness (QED) is 0.575. The number of hydrogen-bond donors (Lipinski definition) is 0. The molecule has 2 rings (SSSR count). The maximum Gasteiger partial charge on any atom is 0.308 e. The summed E-state index contributed by atoms with van der Waals surface area (Å²) < 4.78 is 10.3. The number of esters is 2. The second kappa shape index (κ2) is 8.87. The van der Waals surface area contributed by atoms with Gasteiger partial charge < -0.3 is 9.47 Å². The van der Waals surface area contributed by atoms with Gasteiger partial charge in [0.15, 0.2) is 0 Å². The Morgan fingerprint density at radius 3 is 2.42 bits per heavy atom. The Bertz CT molecular complexity index is 692. The zero-order chi connectivity index (χ0) is 17.4. The Morgan fingerprint density at radius 1 is 1.00 bits per heavy atom. The van der Waals surface area contributed by atoms with Crippen LogP contribution in [0, 0.1) is 0 Å². The fourth-order valence-electron chi connectivity index (χ4n) is 2.59. The van der Waals surface area contributed by atoms with E-state index in [0.29, 0.717) is 25.2 Å². The fraction of sp³-hybridized carbons (Fsp3) is 0.300. The molecule has 2 aromatic carbocycles. The van der Waals surface area contributed by atoms with Crippen LogP contribution in [0.2, 0.25) is 0 Å². The first-order valence-electron chi connectivity index (χ1n) is 8.09. The van der Waals surface area contributed by atoms with Crippen molar-refractivity contribution in [3.8, 4) is 5.75 Å². The van der Waals surface area contributed by atoms with Gasteiger partial charge in [-0.1, -0.05) is 42.5 Å². The summed E-state index contributed by atoms with van der Waals surface area (Å²) in [7, 11) is 0. The number of ether oxygens (including phenoxy) is 2. The molecule has 0 saturated carbocycles. The topological polar surface area (TPSA) is 52.6 Å². The molecule has 126 valence electrons. The Balaban J connectivity index is 2.27. The summed E-state index contributed by atoms with van der Waals surface area (Å²) >= 11 is 0. The van der Waals surface area contributed by atoms with Crippen molar-refractivity contribution >= 4 is 11.9 Å². The lowest BCUT2D eigenvalue weighted by molar-refractivity contribution is -0.143. The molecule has 24 heavy (non-hydrogen) atoms. The van der Waals surface area contributed by atoms with E-state index in [-0.39, 0.29) is 18.4 Å². The molecule has 0 heterocycles. The van der Waals surface area contributed by atoms with Crippen LogP contribution in [0.4, 0.5) is 0 Å². The Labute approximate surface area is 142 Å². The van der Waals surface area contributed by atoms with E-state index in [1.807, 2.05) is 42.5 Å². The van der Waals surface area contributed by atoms with Crippen molar-refractivity contribution in [2.24, 2.45) is 0 Å². The Kier molecular flexibility index (Phi) is 6.55. The van der Waals surface area contributed by atoms with Crippen molar-refractivity contribution in [3.05, 3.63) is 65.2 Å². The molecule has 0 aromatic heterocycles. The molecular formula is C20H22O4. The van der Waals surface area contributed by atoms with Crippen molar-refractivity contribution in [2.45, 2.75) is 33.1 Å². The molecule has 0 bridgehead atoms. The number of rotatable bonds is 7. The fourth-order valence-corrected chi connectivity index (χ4v) is 2.59. The first kappa shape index (κ1) is 17.7. The lowest BCUT2D eigenvalue weighted by Crippen LogP contribution is -2.10. The van der Waals surface area contributed by atoms with Crippen molar-refractivity contribution in [1.29, 1.82) is 0 Å². The van der Waals surface area contributed by atoms with Gasteiger partial charge in [0.05, 0.1) is 6.61 Å². The van der Waals surface area contributed by atoms with Gasteiger partial charge in [-0.25, -0.2) is 0 Å². The van der Waals surface area contributed by atoms with Gasteiger partial charge in [-0.2, -0.15) is 0 Å². The highest BCUT2D eigenvalue weighted by Crippen LogP contribution is 2.26. The smallest absolute Gasteiger partial charge is 0.308 e. The summed E-state index contributed by atoms with van der Waals surface area (Å²) in [5.41, 5.74) is 3.09. The Morgan fingerprint density at radius 2 is 1.75 bits per heavy atom. The highest BCUT2D eigenvalue weighted by Gasteiger charge is 2.14. The van der Waals surface area contributed by atoms with Crippen LogP contribution in [-0.2, 0) is 27.2 Å². The second-order valence-corrected chi connectivity index (χ2v) is 5.45. The SMILES string of the molecule is CCOC(=O)CCc1c(Cc2ccccc2)cccc1OC(C)=O. The lowest BCUT2D eigenvalue weighted by atomic mass is 9.96. The van der Waals surface area contributed by atoms with E-state index in [1.54, 1.807) is 13.0 Å². The highest BCUT2D eigenvalue weighted by atomic mass is 16.5. The molecule has 0 saturated heterocycles. The third-order valence-corrected chi connectivity index (χ3v) is 3.61. The minimum Gasteiger partial charge on any atom is -0.466 e. The largest absolute Gasteiger partial charge is 0.466 e. The minimum absolute atomic E-state index is 0.249. The average molecular weight is 326 g/mol. The molecule has 0 atom stereocenters. The summed E-state index contributed by atoms with van der Waals surface area (Å²) in [6.07, 6.45) is 1.45. The number of carbonyl (C=O) groups excluding carboxylic acids is 2. The summed E-state index contributed by atoms with van der Waals surface area (Å²) in [5.74, 6) is -0.106. The standard InChI is InChI=1S/C20H22O4/c1-3-23-20(22)13-12-18-17(14-16-8-5-4-6-9-16)10-7-11-19(18)24-15(2)21/h4-11H,3,12-14H2,1-2H3. The van der Waals surface area contributed by atoms with Gasteiger partial charge in [0.25, 0.3) is 0 Å². The molecule has 4 heteroatoms. The van der Waals surface area contributed by atoms with Crippen LogP contribution in [0.3, 0.4) is 0 Å². The van der Waals surface area contributed by atoms with Crippen molar-refractivity contribution < 1.29 is 19.1 Å². The van der Waals surface area contributed by atoms with Gasteiger partial charge in [0.1, 0.15) is 5.75 Å². The number of carbonyl (C=O) groups is 2. The lowest BCUT2D eigenvalue weighted by Gasteiger charge is -2.14. The Hall–Kier alpha value is -2.62. The summed E-state index contributed by atoms with van der Waals surface area (Å²) in [4.78, 5) is 23.1. The van der Waals surface area contributed by atoms with Gasteiger partial charge >= 0.3 is 11.9 Å². The molecule has 0 aliphatic carbocycles. The molecular weight excluding hydrogens is 304 g/mol. The van der Waals surface area contributed by atoms with Crippen LogP contribution in [-0.4, -0.2) is 18.5 Å². The van der Waals surface area contributed by atoms with Gasteiger partial charge in [-0.05, 0) is 42.5 Å². The molecule has 0 aliphatic heterocycles. The summed E-state index contributed by atoms with van der Waals surface area (Å²) in [6, 6.07) is 15.7. The van der Waals surface area contributed by atoms with Gasteiger partial charge in [-0.15, -0.1) is 0 Å². The minimum atomic E-state index is -0.371. The molecule has 0 fully saturated rings. The van der Waals surface area contributed by atoms with Gasteiger partial charge in [0.2, 0.25) is 0 Å². The van der Waals surface area contributed by atoms with E-state index in [4.69, 9.17) is 9.47 Å². The van der Waals surface area contributed by atoms with Crippen molar-refractivity contribution in [1.82, 2.24) is 0 Å². The van der Waals surface area contributed by atoms with Crippen molar-refractivity contribution in [3.63, 3.8) is 0 Å². The zero-order valence-corrected chi connectivity index (χ0v) is 14.1. The maximum absolute atomic E-state index is 11.7. The van der Waals surface area contributed by atoms with Gasteiger partial charge in [0, 0.05) is 13.3 Å². The third kappa shape index (κ3) is 5.23. The first-order valence-corrected chi connectivity index (χ1v) is 8.09. The monoisotopic (exact) mass is 326 g/mol. The third-order valence-electron chi connectivity index (χ3n) is 3.61. The molecule has 0 N–H and O–H groups in total. The van der Waals surface area contributed by atoms with Crippen LogP contribution in [0.15, 0.2) is 48.5 Å². The van der Waals surface area contributed by atoms with Gasteiger partial charge in [-0.3, -0.25) is 9.59 Å². The van der Waals surface area contributed by atoms with Crippen molar-refractivity contribution in [2.75, 3.05) is 6.61 Å². The van der Waals surface area contributed by atoms with Crippen LogP contribution in [0.25, 0.3) is 0 Å². The van der Waals surface area contributed by atoms with Crippen LogP contribution in [0.5, 0.6) is 5.75 Å². The predicted molar refractivity (Wildman–Crippen MR) is 92.0 cm³/mol. The van der Waals surface area contributed by atoms with E-state index >= 15 is 0 Å². The zero-order valence-electron chi connectivity index (χ0n) is 14.1. The molecule has 4 nitrogen and oxygen atoms in total. The second-order valence-electron chi connectivity index (χ2n) is 5.45. The number of benzene rings is 2.